The van der Waals surface area contributed by atoms with Gasteiger partial charge in [0, 0.05) is 6.20 Å². The second-order valence-electron chi connectivity index (χ2n) is 2.42. The topological polar surface area (TPSA) is 48.4 Å². The Morgan fingerprint density at radius 1 is 1.57 bits per heavy atom. The number of aromatic nitrogens is 1. The van der Waals surface area contributed by atoms with Crippen molar-refractivity contribution < 1.29 is 14.3 Å². The molecule has 14 heavy (non-hydrogen) atoms. The molecule has 76 valence electrons. The average Bonchev–Trinajstić information content (AvgIpc) is 2.17. The van der Waals surface area contributed by atoms with E-state index >= 15 is 0 Å². The predicted octanol–water partition coefficient (Wildman–Crippen LogP) is 1.92. The highest BCUT2D eigenvalue weighted by molar-refractivity contribution is 6.33. The largest absolute Gasteiger partial charge is 0.494 e. The van der Waals surface area contributed by atoms with Crippen LogP contribution in [0.25, 0.3) is 0 Å². The number of pyridine rings is 1. The normalized spacial score (nSPS) is 9.64. The summed E-state index contributed by atoms with van der Waals surface area (Å²) in [4.78, 5) is 15.2. The molecule has 0 radical (unpaired) electrons. The molecule has 0 saturated carbocycles. The van der Waals surface area contributed by atoms with Crippen LogP contribution in [-0.4, -0.2) is 24.7 Å². The van der Waals surface area contributed by atoms with Gasteiger partial charge in [0.15, 0.2) is 5.75 Å². The SMILES string of the molecule is CCOC(=O)c1c(Cl)cncc1OC. The fraction of sp³-hybridized carbons (Fsp3) is 0.333. The van der Waals surface area contributed by atoms with E-state index in [1.165, 1.54) is 19.5 Å². The van der Waals surface area contributed by atoms with E-state index in [1.807, 2.05) is 0 Å². The Morgan fingerprint density at radius 3 is 2.86 bits per heavy atom. The van der Waals surface area contributed by atoms with Crippen LogP contribution in [0.5, 0.6) is 5.75 Å². The predicted molar refractivity (Wildman–Crippen MR) is 51.8 cm³/mol. The standard InChI is InChI=1S/C9H10ClNO3/c1-3-14-9(12)8-6(10)4-11-5-7(8)13-2/h4-5H,3H2,1-2H3. The quantitative estimate of drug-likeness (QED) is 0.723. The molecule has 0 fully saturated rings. The minimum absolute atomic E-state index is 0.214. The second kappa shape index (κ2) is 4.81. The van der Waals surface area contributed by atoms with Crippen molar-refractivity contribution in [1.82, 2.24) is 4.98 Å². The number of methoxy groups -OCH3 is 1. The molecule has 0 aliphatic carbocycles. The van der Waals surface area contributed by atoms with E-state index in [4.69, 9.17) is 21.1 Å². The van der Waals surface area contributed by atoms with Gasteiger partial charge in [-0.15, -0.1) is 0 Å². The third-order valence-electron chi connectivity index (χ3n) is 1.56. The summed E-state index contributed by atoms with van der Waals surface area (Å²) in [5.41, 5.74) is 0.214. The maximum atomic E-state index is 11.4. The molecule has 0 bridgehead atoms. The first-order chi connectivity index (χ1) is 6.70. The van der Waals surface area contributed by atoms with Gasteiger partial charge >= 0.3 is 5.97 Å². The zero-order chi connectivity index (χ0) is 10.6. The summed E-state index contributed by atoms with van der Waals surface area (Å²) >= 11 is 5.80. The van der Waals surface area contributed by atoms with Crippen molar-refractivity contribution in [2.45, 2.75) is 6.92 Å². The fourth-order valence-electron chi connectivity index (χ4n) is 0.973. The summed E-state index contributed by atoms with van der Waals surface area (Å²) in [5.74, 6) is -0.187. The molecule has 0 aromatic carbocycles. The van der Waals surface area contributed by atoms with Crippen molar-refractivity contribution >= 4 is 17.6 Å². The maximum absolute atomic E-state index is 11.4. The minimum atomic E-state index is -0.503. The lowest BCUT2D eigenvalue weighted by Gasteiger charge is -2.07. The molecule has 0 amide bonds. The van der Waals surface area contributed by atoms with Gasteiger partial charge in [0.1, 0.15) is 5.56 Å². The Labute approximate surface area is 86.8 Å². The molecule has 0 aliphatic rings. The summed E-state index contributed by atoms with van der Waals surface area (Å²) in [5, 5.41) is 0.225. The van der Waals surface area contributed by atoms with Crippen LogP contribution in [0, 0.1) is 0 Å². The number of ether oxygens (including phenoxy) is 2. The number of hydrogen-bond acceptors (Lipinski definition) is 4. The maximum Gasteiger partial charge on any atom is 0.343 e. The lowest BCUT2D eigenvalue weighted by molar-refractivity contribution is 0.0523. The molecule has 5 heteroatoms. The van der Waals surface area contributed by atoms with Gasteiger partial charge < -0.3 is 9.47 Å². The molecule has 1 rings (SSSR count). The van der Waals surface area contributed by atoms with Crippen LogP contribution in [0.15, 0.2) is 12.4 Å². The van der Waals surface area contributed by atoms with Gasteiger partial charge in [-0.25, -0.2) is 4.79 Å². The Bertz CT molecular complexity index is 341. The van der Waals surface area contributed by atoms with Crippen LogP contribution in [0.2, 0.25) is 5.02 Å². The monoisotopic (exact) mass is 215 g/mol. The molecule has 0 atom stereocenters. The number of carbonyl (C=O) groups excluding carboxylic acids is 1. The van der Waals surface area contributed by atoms with Gasteiger partial charge in [0.05, 0.1) is 24.9 Å². The number of halogens is 1. The fourth-order valence-corrected chi connectivity index (χ4v) is 1.20. The van der Waals surface area contributed by atoms with Gasteiger partial charge in [-0.3, -0.25) is 4.98 Å². The number of rotatable bonds is 3. The zero-order valence-electron chi connectivity index (χ0n) is 7.91. The first-order valence-corrected chi connectivity index (χ1v) is 4.43. The van der Waals surface area contributed by atoms with Gasteiger partial charge in [0.2, 0.25) is 0 Å². The van der Waals surface area contributed by atoms with Crippen LogP contribution in [0.3, 0.4) is 0 Å². The van der Waals surface area contributed by atoms with E-state index in [-0.39, 0.29) is 10.6 Å². The Hall–Kier alpha value is -1.29. The van der Waals surface area contributed by atoms with Crippen LogP contribution in [-0.2, 0) is 4.74 Å². The molecule has 1 heterocycles. The number of carbonyl (C=O) groups is 1. The first-order valence-electron chi connectivity index (χ1n) is 4.05. The van der Waals surface area contributed by atoms with Crippen molar-refractivity contribution in [2.75, 3.05) is 13.7 Å². The number of nitrogens with zero attached hydrogens (tertiary/aromatic N) is 1. The summed E-state index contributed by atoms with van der Waals surface area (Å²) in [6.07, 6.45) is 2.79. The Kier molecular flexibility index (Phi) is 3.71. The third-order valence-corrected chi connectivity index (χ3v) is 1.85. The van der Waals surface area contributed by atoms with Gasteiger partial charge in [0.25, 0.3) is 0 Å². The number of hydrogen-bond donors (Lipinski definition) is 0. The van der Waals surface area contributed by atoms with E-state index in [0.717, 1.165) is 0 Å². The molecule has 4 nitrogen and oxygen atoms in total. The molecule has 0 unspecified atom stereocenters. The highest BCUT2D eigenvalue weighted by Crippen LogP contribution is 2.25. The lowest BCUT2D eigenvalue weighted by atomic mass is 10.2. The Morgan fingerprint density at radius 2 is 2.29 bits per heavy atom. The van der Waals surface area contributed by atoms with Crippen molar-refractivity contribution in [1.29, 1.82) is 0 Å². The highest BCUT2D eigenvalue weighted by atomic mass is 35.5. The van der Waals surface area contributed by atoms with Crippen molar-refractivity contribution in [3.8, 4) is 5.75 Å². The molecule has 0 spiro atoms. The molecule has 0 N–H and O–H groups in total. The molecule has 1 aromatic rings. The number of esters is 1. The van der Waals surface area contributed by atoms with E-state index in [9.17, 15) is 4.79 Å². The van der Waals surface area contributed by atoms with Gasteiger partial charge in [-0.1, -0.05) is 11.6 Å². The smallest absolute Gasteiger partial charge is 0.343 e. The van der Waals surface area contributed by atoms with Crippen LogP contribution >= 0.6 is 11.6 Å². The van der Waals surface area contributed by atoms with Gasteiger partial charge in [-0.2, -0.15) is 0 Å². The second-order valence-corrected chi connectivity index (χ2v) is 2.83. The van der Waals surface area contributed by atoms with Crippen molar-refractivity contribution in [3.63, 3.8) is 0 Å². The summed E-state index contributed by atoms with van der Waals surface area (Å²) in [6.45, 7) is 2.01. The van der Waals surface area contributed by atoms with Crippen molar-refractivity contribution in [3.05, 3.63) is 23.0 Å². The highest BCUT2D eigenvalue weighted by Gasteiger charge is 2.17. The van der Waals surface area contributed by atoms with E-state index in [1.54, 1.807) is 6.92 Å². The van der Waals surface area contributed by atoms with Crippen LogP contribution < -0.4 is 4.74 Å². The molecular weight excluding hydrogens is 206 g/mol. The molecule has 0 saturated heterocycles. The average molecular weight is 216 g/mol. The summed E-state index contributed by atoms with van der Waals surface area (Å²) < 4.78 is 9.77. The molecule has 0 aliphatic heterocycles. The summed E-state index contributed by atoms with van der Waals surface area (Å²) in [6, 6.07) is 0. The molecular formula is C9H10ClNO3. The van der Waals surface area contributed by atoms with E-state index in [0.29, 0.717) is 12.4 Å². The van der Waals surface area contributed by atoms with Crippen molar-refractivity contribution in [2.24, 2.45) is 0 Å². The van der Waals surface area contributed by atoms with Crippen LogP contribution in [0.4, 0.5) is 0 Å². The van der Waals surface area contributed by atoms with Gasteiger partial charge in [-0.05, 0) is 6.92 Å². The third kappa shape index (κ3) is 2.14. The Balaban J connectivity index is 3.10. The molecule has 1 aromatic heterocycles. The summed E-state index contributed by atoms with van der Waals surface area (Å²) in [7, 11) is 1.44. The zero-order valence-corrected chi connectivity index (χ0v) is 8.67. The van der Waals surface area contributed by atoms with Crippen LogP contribution in [0.1, 0.15) is 17.3 Å². The first kappa shape index (κ1) is 10.8. The van der Waals surface area contributed by atoms with E-state index in [2.05, 4.69) is 4.98 Å². The van der Waals surface area contributed by atoms with E-state index < -0.39 is 5.97 Å². The lowest BCUT2D eigenvalue weighted by Crippen LogP contribution is -2.07. The minimum Gasteiger partial charge on any atom is -0.494 e.